The van der Waals surface area contributed by atoms with E-state index in [1.165, 1.54) is 14.2 Å². The Morgan fingerprint density at radius 2 is 1.68 bits per heavy atom. The van der Waals surface area contributed by atoms with Crippen LogP contribution in [0.25, 0.3) is 0 Å². The predicted molar refractivity (Wildman–Crippen MR) is 101 cm³/mol. The predicted octanol–water partition coefficient (Wildman–Crippen LogP) is 2.51. The minimum Gasteiger partial charge on any atom is -0.493 e. The van der Waals surface area contributed by atoms with Crippen molar-refractivity contribution in [3.8, 4) is 11.5 Å². The van der Waals surface area contributed by atoms with Crippen molar-refractivity contribution in [3.63, 3.8) is 0 Å². The van der Waals surface area contributed by atoms with Gasteiger partial charge in [0.2, 0.25) is 0 Å². The molecule has 2 heterocycles. The summed E-state index contributed by atoms with van der Waals surface area (Å²) in [5.41, 5.74) is 2.57. The number of methoxy groups -OCH3 is 2. The molecule has 2 aliphatic heterocycles. The van der Waals surface area contributed by atoms with E-state index < -0.39 is 18.0 Å². The Bertz CT molecular complexity index is 957. The molecule has 2 aliphatic rings. The minimum atomic E-state index is -0.828. The summed E-state index contributed by atoms with van der Waals surface area (Å²) in [6, 6.07) is 11.3. The van der Waals surface area contributed by atoms with Gasteiger partial charge in [-0.3, -0.25) is 14.6 Å². The van der Waals surface area contributed by atoms with Crippen molar-refractivity contribution in [2.24, 2.45) is 10.3 Å². The van der Waals surface area contributed by atoms with E-state index in [0.29, 0.717) is 23.7 Å². The quantitative estimate of drug-likeness (QED) is 0.744. The first kappa shape index (κ1) is 18.0. The monoisotopic (exact) mass is 380 g/mol. The maximum atomic E-state index is 13.1. The number of benzene rings is 2. The molecule has 2 atom stereocenters. The lowest BCUT2D eigenvalue weighted by Crippen LogP contribution is -2.39. The van der Waals surface area contributed by atoms with Crippen molar-refractivity contribution >= 4 is 17.5 Å². The van der Waals surface area contributed by atoms with Crippen LogP contribution in [0.4, 0.5) is 5.69 Å². The van der Waals surface area contributed by atoms with Gasteiger partial charge in [0.15, 0.2) is 23.6 Å². The summed E-state index contributed by atoms with van der Waals surface area (Å²) >= 11 is 0. The Morgan fingerprint density at radius 3 is 2.36 bits per heavy atom. The zero-order chi connectivity index (χ0) is 19.8. The zero-order valence-electron chi connectivity index (χ0n) is 15.8. The van der Waals surface area contributed by atoms with Crippen LogP contribution in [0.1, 0.15) is 11.1 Å². The number of anilines is 1. The number of hydrogen-bond acceptors (Lipinski definition) is 7. The van der Waals surface area contributed by atoms with E-state index in [-0.39, 0.29) is 5.91 Å². The van der Waals surface area contributed by atoms with Gasteiger partial charge in [-0.1, -0.05) is 35.1 Å². The van der Waals surface area contributed by atoms with Crippen molar-refractivity contribution < 1.29 is 19.1 Å². The number of nitrogens with zero attached hydrogens (tertiary/aromatic N) is 4. The van der Waals surface area contributed by atoms with Gasteiger partial charge in [0.05, 0.1) is 26.5 Å². The molecule has 0 saturated carbocycles. The summed E-state index contributed by atoms with van der Waals surface area (Å²) in [7, 11) is 3.03. The molecule has 2 amide bonds. The number of fused-ring (bicyclic) bond motifs is 1. The summed E-state index contributed by atoms with van der Waals surface area (Å²) < 4.78 is 10.5. The van der Waals surface area contributed by atoms with E-state index in [1.807, 2.05) is 31.2 Å². The molecule has 0 radical (unpaired) electrons. The van der Waals surface area contributed by atoms with Crippen LogP contribution in [-0.2, 0) is 16.1 Å². The average Bonchev–Trinajstić information content (AvgIpc) is 3.23. The van der Waals surface area contributed by atoms with Crippen LogP contribution in [0.3, 0.4) is 0 Å². The first-order valence-corrected chi connectivity index (χ1v) is 8.86. The second-order valence-electron chi connectivity index (χ2n) is 6.73. The highest BCUT2D eigenvalue weighted by molar-refractivity contribution is 6.25. The van der Waals surface area contributed by atoms with Gasteiger partial charge in [-0.15, -0.1) is 0 Å². The van der Waals surface area contributed by atoms with Gasteiger partial charge in [0, 0.05) is 6.07 Å². The number of carbonyl (C=O) groups is 2. The summed E-state index contributed by atoms with van der Waals surface area (Å²) in [4.78, 5) is 27.1. The second kappa shape index (κ2) is 6.95. The van der Waals surface area contributed by atoms with E-state index >= 15 is 0 Å². The van der Waals surface area contributed by atoms with Gasteiger partial charge < -0.3 is 9.47 Å². The molecule has 2 aromatic rings. The van der Waals surface area contributed by atoms with Crippen molar-refractivity contribution in [1.29, 1.82) is 0 Å². The molecule has 1 saturated heterocycles. The number of aryl methyl sites for hydroxylation is 1. The summed E-state index contributed by atoms with van der Waals surface area (Å²) in [5, 5.41) is 9.71. The van der Waals surface area contributed by atoms with E-state index in [1.54, 1.807) is 23.2 Å². The van der Waals surface area contributed by atoms with Crippen LogP contribution in [0.2, 0.25) is 0 Å². The maximum Gasteiger partial charge on any atom is 0.263 e. The Hall–Kier alpha value is -3.42. The average molecular weight is 380 g/mol. The van der Waals surface area contributed by atoms with Crippen LogP contribution in [-0.4, -0.2) is 43.1 Å². The molecule has 8 nitrogen and oxygen atoms in total. The number of carbonyl (C=O) groups excluding carboxylic acids is 2. The second-order valence-corrected chi connectivity index (χ2v) is 6.73. The highest BCUT2D eigenvalue weighted by atomic mass is 16.5. The first-order chi connectivity index (χ1) is 13.5. The van der Waals surface area contributed by atoms with Gasteiger partial charge >= 0.3 is 0 Å². The minimum absolute atomic E-state index is 0.348. The number of hydrogen-bond donors (Lipinski definition) is 0. The topological polar surface area (TPSA) is 83.8 Å². The molecule has 1 fully saturated rings. The SMILES string of the molecule is COc1ccc(N2C(=O)[C@H]3N=NN(Cc4ccc(C)cc4)[C@@H]3C2=O)cc1OC. The normalized spacial score (nSPS) is 20.7. The highest BCUT2D eigenvalue weighted by Gasteiger charge is 2.54. The number of rotatable bonds is 5. The fraction of sp³-hybridized carbons (Fsp3) is 0.300. The van der Waals surface area contributed by atoms with Crippen LogP contribution in [0.5, 0.6) is 11.5 Å². The molecule has 0 aliphatic carbocycles. The number of ether oxygens (including phenoxy) is 2. The molecule has 0 N–H and O–H groups in total. The van der Waals surface area contributed by atoms with Gasteiger partial charge in [0.25, 0.3) is 11.8 Å². The highest BCUT2D eigenvalue weighted by Crippen LogP contribution is 2.36. The molecular weight excluding hydrogens is 360 g/mol. The van der Waals surface area contributed by atoms with Crippen molar-refractivity contribution in [2.45, 2.75) is 25.6 Å². The largest absolute Gasteiger partial charge is 0.493 e. The number of imide groups is 1. The van der Waals surface area contributed by atoms with E-state index in [9.17, 15) is 9.59 Å². The van der Waals surface area contributed by atoms with E-state index in [2.05, 4.69) is 10.3 Å². The van der Waals surface area contributed by atoms with Crippen molar-refractivity contribution in [1.82, 2.24) is 5.01 Å². The Labute approximate surface area is 162 Å². The Kier molecular flexibility index (Phi) is 4.46. The molecule has 0 spiro atoms. The molecule has 8 heteroatoms. The zero-order valence-corrected chi connectivity index (χ0v) is 15.8. The molecule has 144 valence electrons. The lowest BCUT2D eigenvalue weighted by Gasteiger charge is -2.21. The summed E-state index contributed by atoms with van der Waals surface area (Å²) in [5.74, 6) is 0.221. The molecular formula is C20H20N4O4. The smallest absolute Gasteiger partial charge is 0.263 e. The third-order valence-electron chi connectivity index (χ3n) is 4.95. The summed E-state index contributed by atoms with van der Waals surface area (Å²) in [6.07, 6.45) is 0. The van der Waals surface area contributed by atoms with Crippen LogP contribution in [0.15, 0.2) is 52.8 Å². The maximum absolute atomic E-state index is 13.1. The third kappa shape index (κ3) is 2.87. The van der Waals surface area contributed by atoms with Gasteiger partial charge in [-0.2, -0.15) is 5.11 Å². The van der Waals surface area contributed by atoms with Gasteiger partial charge in [-0.25, -0.2) is 4.90 Å². The molecule has 2 aromatic carbocycles. The standard InChI is InChI=1S/C20H20N4O4/c1-12-4-6-13(7-5-12)11-23-18-17(21-22-23)19(25)24(20(18)26)14-8-9-15(27-2)16(10-14)28-3/h4-10,17-18H,11H2,1-3H3/t17-,18-/m0/s1. The molecule has 0 unspecified atom stereocenters. The Morgan fingerprint density at radius 1 is 0.964 bits per heavy atom. The van der Waals surface area contributed by atoms with Crippen LogP contribution >= 0.6 is 0 Å². The molecule has 4 rings (SSSR count). The fourth-order valence-corrected chi connectivity index (χ4v) is 3.45. The summed E-state index contributed by atoms with van der Waals surface area (Å²) in [6.45, 7) is 2.42. The number of amides is 2. The lowest BCUT2D eigenvalue weighted by atomic mass is 10.1. The lowest BCUT2D eigenvalue weighted by molar-refractivity contribution is -0.123. The van der Waals surface area contributed by atoms with Gasteiger partial charge in [-0.05, 0) is 24.6 Å². The van der Waals surface area contributed by atoms with Gasteiger partial charge in [0.1, 0.15) is 0 Å². The van der Waals surface area contributed by atoms with E-state index in [4.69, 9.17) is 9.47 Å². The molecule has 0 bridgehead atoms. The van der Waals surface area contributed by atoms with Crippen LogP contribution in [0, 0.1) is 6.92 Å². The third-order valence-corrected chi connectivity index (χ3v) is 4.95. The molecule has 28 heavy (non-hydrogen) atoms. The van der Waals surface area contributed by atoms with Crippen LogP contribution < -0.4 is 14.4 Å². The van der Waals surface area contributed by atoms with Crippen molar-refractivity contribution in [3.05, 3.63) is 53.6 Å². The van der Waals surface area contributed by atoms with Crippen molar-refractivity contribution in [2.75, 3.05) is 19.1 Å². The Balaban J connectivity index is 1.60. The molecule has 0 aromatic heterocycles. The van der Waals surface area contributed by atoms with E-state index in [0.717, 1.165) is 16.0 Å². The first-order valence-electron chi connectivity index (χ1n) is 8.86. The fourth-order valence-electron chi connectivity index (χ4n) is 3.45.